The van der Waals surface area contributed by atoms with Crippen LogP contribution in [0.4, 0.5) is 0 Å². The van der Waals surface area contributed by atoms with E-state index in [4.69, 9.17) is 5.11 Å². The molecule has 1 aliphatic rings. The van der Waals surface area contributed by atoms with Gasteiger partial charge in [0.05, 0.1) is 19.3 Å². The van der Waals surface area contributed by atoms with Gasteiger partial charge in [-0.1, -0.05) is 55.0 Å². The summed E-state index contributed by atoms with van der Waals surface area (Å²) in [6.45, 7) is 2.73. The highest BCUT2D eigenvalue weighted by Crippen LogP contribution is 2.46. The van der Waals surface area contributed by atoms with E-state index in [1.807, 2.05) is 24.5 Å². The third-order valence-corrected chi connectivity index (χ3v) is 7.88. The predicted octanol–water partition coefficient (Wildman–Crippen LogP) is 6.77. The smallest absolute Gasteiger partial charge is 0.328 e. The molecule has 4 aromatic rings. The van der Waals surface area contributed by atoms with Gasteiger partial charge < -0.3 is 10.2 Å². The number of hydrogen-bond acceptors (Lipinski definition) is 4. The minimum Gasteiger partial charge on any atom is -0.478 e. The number of benzene rings is 2. The molecule has 2 aromatic carbocycles. The molecule has 0 radical (unpaired) electrons. The number of hydrogen-bond donors (Lipinski definition) is 2. The van der Waals surface area contributed by atoms with Crippen molar-refractivity contribution < 1.29 is 15.0 Å². The molecule has 1 aliphatic carbocycles. The highest BCUT2D eigenvalue weighted by Gasteiger charge is 2.28. The molecule has 0 aliphatic heterocycles. The van der Waals surface area contributed by atoms with E-state index in [2.05, 4.69) is 59.2 Å². The first-order valence-electron chi connectivity index (χ1n) is 12.6. The van der Waals surface area contributed by atoms with Crippen LogP contribution in [0.2, 0.25) is 0 Å². The summed E-state index contributed by atoms with van der Waals surface area (Å²) < 4.78 is 1.75. The first-order chi connectivity index (χ1) is 18.0. The van der Waals surface area contributed by atoms with Gasteiger partial charge >= 0.3 is 5.97 Å². The van der Waals surface area contributed by atoms with Gasteiger partial charge in [-0.2, -0.15) is 16.4 Å². The van der Waals surface area contributed by atoms with Crippen LogP contribution in [0.25, 0.3) is 28.3 Å². The van der Waals surface area contributed by atoms with Crippen LogP contribution in [0.3, 0.4) is 0 Å². The maximum Gasteiger partial charge on any atom is 0.328 e. The summed E-state index contributed by atoms with van der Waals surface area (Å²) in [4.78, 5) is 11.0. The van der Waals surface area contributed by atoms with Crippen molar-refractivity contribution >= 4 is 34.5 Å². The summed E-state index contributed by atoms with van der Waals surface area (Å²) in [6, 6.07) is 16.8. The van der Waals surface area contributed by atoms with Gasteiger partial charge in [0.25, 0.3) is 0 Å². The summed E-state index contributed by atoms with van der Waals surface area (Å²) in [5.74, 6) is -0.432. The van der Waals surface area contributed by atoms with Gasteiger partial charge in [0.1, 0.15) is 0 Å². The standard InChI is InChI=1S/C31H30N2O3S/c1-21-19-37-20-28(21)31(24-3-2-4-24)30(25-8-5-22(6-9-25)7-14-29(35)36)26-12-10-23(11-13-26)27-17-32-33(18-27)15-16-34/h5-14,17-20,24,34H,2-4,15-16H2,1H3,(H,35,36). The van der Waals surface area contributed by atoms with Crippen molar-refractivity contribution in [2.45, 2.75) is 32.7 Å². The normalized spacial score (nSPS) is 14.5. The second-order valence-electron chi connectivity index (χ2n) is 9.47. The molecular formula is C31H30N2O3S. The van der Waals surface area contributed by atoms with E-state index < -0.39 is 5.97 Å². The van der Waals surface area contributed by atoms with Crippen molar-refractivity contribution in [3.63, 3.8) is 0 Å². The largest absolute Gasteiger partial charge is 0.478 e. The summed E-state index contributed by atoms with van der Waals surface area (Å²) in [7, 11) is 0. The number of carboxylic acid groups (broad SMARTS) is 1. The third kappa shape index (κ3) is 5.50. The zero-order valence-electron chi connectivity index (χ0n) is 20.8. The van der Waals surface area contributed by atoms with Crippen molar-refractivity contribution in [3.05, 3.63) is 106 Å². The lowest BCUT2D eigenvalue weighted by Gasteiger charge is -2.31. The van der Waals surface area contributed by atoms with Gasteiger partial charge in [-0.3, -0.25) is 4.68 Å². The number of aliphatic carboxylic acids is 1. The number of nitrogens with zero attached hydrogens (tertiary/aromatic N) is 2. The quantitative estimate of drug-likeness (QED) is 0.244. The van der Waals surface area contributed by atoms with Crippen LogP contribution in [0, 0.1) is 12.8 Å². The molecule has 2 heterocycles. The second kappa shape index (κ2) is 11.1. The van der Waals surface area contributed by atoms with E-state index in [1.54, 1.807) is 22.1 Å². The number of aliphatic hydroxyl groups excluding tert-OH is 1. The van der Waals surface area contributed by atoms with Crippen molar-refractivity contribution in [1.29, 1.82) is 0 Å². The van der Waals surface area contributed by atoms with Crippen LogP contribution in [-0.4, -0.2) is 32.6 Å². The van der Waals surface area contributed by atoms with E-state index >= 15 is 0 Å². The Kier molecular flexibility index (Phi) is 7.49. The molecule has 2 N–H and O–H groups in total. The number of carbonyl (C=O) groups is 1. The highest BCUT2D eigenvalue weighted by molar-refractivity contribution is 7.08. The Labute approximate surface area is 221 Å². The predicted molar refractivity (Wildman–Crippen MR) is 150 cm³/mol. The molecule has 1 saturated carbocycles. The average Bonchev–Trinajstić information content (AvgIpc) is 3.51. The SMILES string of the molecule is Cc1cscc1C(=C(c1ccc(C=CC(=O)O)cc1)c1ccc(-c2cnn(CCO)c2)cc1)C1CCC1. The first-order valence-corrected chi connectivity index (χ1v) is 13.5. The Balaban J connectivity index is 1.61. The summed E-state index contributed by atoms with van der Waals surface area (Å²) in [6.07, 6.45) is 10.2. The maximum atomic E-state index is 11.0. The molecule has 6 heteroatoms. The number of rotatable bonds is 9. The second-order valence-corrected chi connectivity index (χ2v) is 10.2. The molecule has 0 saturated heterocycles. The molecule has 5 nitrogen and oxygen atoms in total. The Morgan fingerprint density at radius 2 is 1.76 bits per heavy atom. The van der Waals surface area contributed by atoms with E-state index in [-0.39, 0.29) is 6.61 Å². The van der Waals surface area contributed by atoms with E-state index in [0.717, 1.165) is 27.8 Å². The van der Waals surface area contributed by atoms with E-state index in [1.165, 1.54) is 47.6 Å². The average molecular weight is 511 g/mol. The Hall–Kier alpha value is -3.74. The van der Waals surface area contributed by atoms with Crippen LogP contribution in [0.5, 0.6) is 0 Å². The van der Waals surface area contributed by atoms with Crippen LogP contribution < -0.4 is 0 Å². The topological polar surface area (TPSA) is 75.3 Å². The number of thiophene rings is 1. The van der Waals surface area contributed by atoms with Gasteiger partial charge in [-0.25, -0.2) is 4.79 Å². The summed E-state index contributed by atoms with van der Waals surface area (Å²) >= 11 is 1.75. The first kappa shape index (κ1) is 24.9. The molecule has 5 rings (SSSR count). The zero-order chi connectivity index (χ0) is 25.8. The Morgan fingerprint density at radius 1 is 1.05 bits per heavy atom. The van der Waals surface area contributed by atoms with Gasteiger partial charge in [-0.15, -0.1) is 0 Å². The fourth-order valence-corrected chi connectivity index (χ4v) is 5.71. The van der Waals surface area contributed by atoms with Gasteiger partial charge in [0.15, 0.2) is 0 Å². The molecule has 2 aromatic heterocycles. The van der Waals surface area contributed by atoms with Gasteiger partial charge in [0.2, 0.25) is 0 Å². The van der Waals surface area contributed by atoms with E-state index in [0.29, 0.717) is 12.5 Å². The number of aryl methyl sites for hydroxylation is 1. The fraction of sp³-hybridized carbons (Fsp3) is 0.226. The van der Waals surface area contributed by atoms with Crippen LogP contribution in [0.1, 0.15) is 47.1 Å². The lowest BCUT2D eigenvalue weighted by molar-refractivity contribution is -0.131. The van der Waals surface area contributed by atoms with Gasteiger partial charge in [0, 0.05) is 17.8 Å². The van der Waals surface area contributed by atoms with Crippen molar-refractivity contribution in [1.82, 2.24) is 9.78 Å². The van der Waals surface area contributed by atoms with Crippen molar-refractivity contribution in [2.24, 2.45) is 5.92 Å². The molecule has 37 heavy (non-hydrogen) atoms. The Bertz CT molecular complexity index is 1440. The molecule has 0 amide bonds. The number of allylic oxidation sites excluding steroid dienone is 1. The lowest BCUT2D eigenvalue weighted by atomic mass is 9.73. The minimum atomic E-state index is -0.952. The monoisotopic (exact) mass is 510 g/mol. The van der Waals surface area contributed by atoms with E-state index in [9.17, 15) is 9.90 Å². The lowest BCUT2D eigenvalue weighted by Crippen LogP contribution is -2.15. The fourth-order valence-electron chi connectivity index (χ4n) is 4.86. The molecular weight excluding hydrogens is 480 g/mol. The highest BCUT2D eigenvalue weighted by atomic mass is 32.1. The molecule has 0 bridgehead atoms. The van der Waals surface area contributed by atoms with Gasteiger partial charge in [-0.05, 0) is 87.0 Å². The zero-order valence-corrected chi connectivity index (χ0v) is 21.6. The maximum absolute atomic E-state index is 11.0. The summed E-state index contributed by atoms with van der Waals surface area (Å²) in [5, 5.41) is 27.0. The minimum absolute atomic E-state index is 0.0606. The summed E-state index contributed by atoms with van der Waals surface area (Å²) in [5.41, 5.74) is 10.5. The van der Waals surface area contributed by atoms with Crippen LogP contribution in [0.15, 0.2) is 77.8 Å². The van der Waals surface area contributed by atoms with Crippen LogP contribution >= 0.6 is 11.3 Å². The van der Waals surface area contributed by atoms with Crippen molar-refractivity contribution in [3.8, 4) is 11.1 Å². The third-order valence-electron chi connectivity index (χ3n) is 7.02. The molecule has 0 atom stereocenters. The molecule has 0 unspecified atom stereocenters. The number of aliphatic hydroxyl groups is 1. The molecule has 0 spiro atoms. The molecule has 188 valence electrons. The Morgan fingerprint density at radius 3 is 2.32 bits per heavy atom. The van der Waals surface area contributed by atoms with Crippen LogP contribution in [-0.2, 0) is 11.3 Å². The molecule has 1 fully saturated rings. The number of aromatic nitrogens is 2. The number of carboxylic acids is 1. The van der Waals surface area contributed by atoms with Crippen molar-refractivity contribution in [2.75, 3.05) is 6.61 Å².